The molecule has 0 radical (unpaired) electrons. The monoisotopic (exact) mass is 200 g/mol. The topological polar surface area (TPSA) is 80.3 Å². The number of carboxylic acid groups (broad SMARTS) is 2. The SMILES string of the molecule is CC(C)(CCCCCC(=O)[O-])C(=O)[O-]. The van der Waals surface area contributed by atoms with Gasteiger partial charge in [0, 0.05) is 17.4 Å². The Kier molecular flexibility index (Phi) is 5.20. The molecule has 0 unspecified atom stereocenters. The van der Waals surface area contributed by atoms with Crippen LogP contribution in [-0.4, -0.2) is 11.9 Å². The zero-order valence-electron chi connectivity index (χ0n) is 8.67. The van der Waals surface area contributed by atoms with E-state index in [4.69, 9.17) is 0 Å². The summed E-state index contributed by atoms with van der Waals surface area (Å²) in [6, 6.07) is 0. The van der Waals surface area contributed by atoms with Crippen molar-refractivity contribution in [1.29, 1.82) is 0 Å². The van der Waals surface area contributed by atoms with Gasteiger partial charge in [-0.3, -0.25) is 0 Å². The minimum Gasteiger partial charge on any atom is -0.550 e. The van der Waals surface area contributed by atoms with E-state index < -0.39 is 17.4 Å². The summed E-state index contributed by atoms with van der Waals surface area (Å²) in [6.45, 7) is 3.22. The molecular formula is C10H16O4-2. The number of hydrogen-bond acceptors (Lipinski definition) is 4. The standard InChI is InChI=1S/C10H18O4/c1-10(2,9(13)14)7-5-3-4-6-8(11)12/h3-7H2,1-2H3,(H,11,12)(H,13,14)/p-2. The highest BCUT2D eigenvalue weighted by Crippen LogP contribution is 2.22. The molecule has 4 heteroatoms. The maximum atomic E-state index is 10.6. The van der Waals surface area contributed by atoms with Crippen LogP contribution in [0.15, 0.2) is 0 Å². The van der Waals surface area contributed by atoms with E-state index in [1.807, 2.05) is 0 Å². The first-order valence-corrected chi connectivity index (χ1v) is 4.77. The van der Waals surface area contributed by atoms with Crippen molar-refractivity contribution in [3.63, 3.8) is 0 Å². The molecule has 0 aliphatic carbocycles. The summed E-state index contributed by atoms with van der Waals surface area (Å²) in [5.41, 5.74) is -0.818. The fourth-order valence-corrected chi connectivity index (χ4v) is 1.12. The van der Waals surface area contributed by atoms with Crippen LogP contribution in [0.5, 0.6) is 0 Å². The van der Waals surface area contributed by atoms with Gasteiger partial charge in [-0.05, 0) is 19.3 Å². The van der Waals surface area contributed by atoms with Crippen molar-refractivity contribution in [2.24, 2.45) is 5.41 Å². The van der Waals surface area contributed by atoms with Crippen LogP contribution in [-0.2, 0) is 9.59 Å². The molecule has 0 aromatic rings. The number of rotatable bonds is 7. The average molecular weight is 200 g/mol. The molecule has 0 atom stereocenters. The molecule has 0 N–H and O–H groups in total. The molecule has 0 aliphatic heterocycles. The third-order valence-electron chi connectivity index (χ3n) is 2.24. The lowest BCUT2D eigenvalue weighted by molar-refractivity contribution is -0.318. The minimum absolute atomic E-state index is 0.0474. The van der Waals surface area contributed by atoms with E-state index in [-0.39, 0.29) is 6.42 Å². The van der Waals surface area contributed by atoms with Gasteiger partial charge in [0.15, 0.2) is 0 Å². The molecule has 14 heavy (non-hydrogen) atoms. The second kappa shape index (κ2) is 5.62. The Bertz CT molecular complexity index is 208. The number of carboxylic acids is 2. The number of carbonyl (C=O) groups excluding carboxylic acids is 2. The number of aliphatic carboxylic acids is 2. The van der Waals surface area contributed by atoms with Crippen molar-refractivity contribution >= 4 is 11.9 Å². The first kappa shape index (κ1) is 12.9. The van der Waals surface area contributed by atoms with Gasteiger partial charge in [-0.25, -0.2) is 0 Å². The van der Waals surface area contributed by atoms with Gasteiger partial charge in [0.05, 0.1) is 0 Å². The molecule has 4 nitrogen and oxygen atoms in total. The first-order valence-electron chi connectivity index (χ1n) is 4.77. The Balaban J connectivity index is 3.54. The van der Waals surface area contributed by atoms with E-state index >= 15 is 0 Å². The van der Waals surface area contributed by atoms with Gasteiger partial charge in [0.1, 0.15) is 0 Å². The third-order valence-corrected chi connectivity index (χ3v) is 2.24. The van der Waals surface area contributed by atoms with Crippen molar-refractivity contribution in [2.75, 3.05) is 0 Å². The summed E-state index contributed by atoms with van der Waals surface area (Å²) in [5.74, 6) is -2.11. The van der Waals surface area contributed by atoms with E-state index in [2.05, 4.69) is 0 Å². The Labute approximate surface area is 83.9 Å². The van der Waals surface area contributed by atoms with Crippen molar-refractivity contribution in [3.8, 4) is 0 Å². The van der Waals surface area contributed by atoms with Crippen molar-refractivity contribution in [3.05, 3.63) is 0 Å². The molecule has 0 heterocycles. The second-order valence-electron chi connectivity index (χ2n) is 4.10. The molecule has 0 aliphatic rings. The zero-order valence-corrected chi connectivity index (χ0v) is 8.67. The Morgan fingerprint density at radius 3 is 2.07 bits per heavy atom. The van der Waals surface area contributed by atoms with Gasteiger partial charge in [-0.15, -0.1) is 0 Å². The Morgan fingerprint density at radius 1 is 1.07 bits per heavy atom. The fraction of sp³-hybridized carbons (Fsp3) is 0.800. The predicted octanol–water partition coefficient (Wildman–Crippen LogP) is -0.537. The number of hydrogen-bond donors (Lipinski definition) is 0. The lowest BCUT2D eigenvalue weighted by Crippen LogP contribution is -2.37. The van der Waals surface area contributed by atoms with Crippen LogP contribution in [0.2, 0.25) is 0 Å². The van der Waals surface area contributed by atoms with Crippen molar-refractivity contribution < 1.29 is 19.8 Å². The van der Waals surface area contributed by atoms with Gasteiger partial charge in [-0.1, -0.05) is 26.7 Å². The first-order chi connectivity index (χ1) is 6.36. The van der Waals surface area contributed by atoms with E-state index in [0.717, 1.165) is 0 Å². The molecule has 0 fully saturated rings. The second-order valence-corrected chi connectivity index (χ2v) is 4.10. The van der Waals surface area contributed by atoms with Crippen LogP contribution in [0.3, 0.4) is 0 Å². The lowest BCUT2D eigenvalue weighted by atomic mass is 9.87. The van der Waals surface area contributed by atoms with Crippen LogP contribution in [0.4, 0.5) is 0 Å². The quantitative estimate of drug-likeness (QED) is 0.517. The summed E-state index contributed by atoms with van der Waals surface area (Å²) in [4.78, 5) is 20.6. The van der Waals surface area contributed by atoms with Crippen molar-refractivity contribution in [2.45, 2.75) is 46.0 Å². The molecular weight excluding hydrogens is 184 g/mol. The maximum absolute atomic E-state index is 10.6. The average Bonchev–Trinajstić information content (AvgIpc) is 2.02. The van der Waals surface area contributed by atoms with Crippen LogP contribution in [0, 0.1) is 5.41 Å². The van der Waals surface area contributed by atoms with E-state index in [1.54, 1.807) is 13.8 Å². The Hall–Kier alpha value is -1.06. The molecule has 0 aromatic heterocycles. The third kappa shape index (κ3) is 5.56. The summed E-state index contributed by atoms with van der Waals surface area (Å²) in [6.07, 6.45) is 2.53. The van der Waals surface area contributed by atoms with Gasteiger partial charge in [0.25, 0.3) is 0 Å². The maximum Gasteiger partial charge on any atom is 0.0470 e. The normalized spacial score (nSPS) is 11.3. The van der Waals surface area contributed by atoms with Gasteiger partial charge >= 0.3 is 0 Å². The summed E-state index contributed by atoms with van der Waals surface area (Å²) in [7, 11) is 0. The molecule has 0 saturated heterocycles. The van der Waals surface area contributed by atoms with Crippen LogP contribution in [0.1, 0.15) is 46.0 Å². The van der Waals surface area contributed by atoms with Crippen LogP contribution >= 0.6 is 0 Å². The van der Waals surface area contributed by atoms with Crippen LogP contribution < -0.4 is 10.2 Å². The van der Waals surface area contributed by atoms with Crippen molar-refractivity contribution in [1.82, 2.24) is 0 Å². The van der Waals surface area contributed by atoms with E-state index in [0.29, 0.717) is 25.7 Å². The molecule has 0 saturated carbocycles. The lowest BCUT2D eigenvalue weighted by Gasteiger charge is -2.25. The summed E-state index contributed by atoms with van der Waals surface area (Å²) < 4.78 is 0. The molecule has 0 aromatic carbocycles. The molecule has 0 spiro atoms. The highest BCUT2D eigenvalue weighted by molar-refractivity contribution is 5.71. The van der Waals surface area contributed by atoms with Gasteiger partial charge in [0.2, 0.25) is 0 Å². The predicted molar refractivity (Wildman–Crippen MR) is 46.9 cm³/mol. The fourth-order valence-electron chi connectivity index (χ4n) is 1.12. The Morgan fingerprint density at radius 2 is 1.64 bits per heavy atom. The van der Waals surface area contributed by atoms with Gasteiger partial charge in [-0.2, -0.15) is 0 Å². The largest absolute Gasteiger partial charge is 0.550 e. The number of carbonyl (C=O) groups is 2. The van der Waals surface area contributed by atoms with Gasteiger partial charge < -0.3 is 19.8 Å². The van der Waals surface area contributed by atoms with E-state index in [9.17, 15) is 19.8 Å². The minimum atomic E-state index is -1.06. The summed E-state index contributed by atoms with van der Waals surface area (Å²) >= 11 is 0. The highest BCUT2D eigenvalue weighted by atomic mass is 16.4. The zero-order chi connectivity index (χ0) is 11.2. The molecule has 0 amide bonds. The molecule has 82 valence electrons. The molecule has 0 bridgehead atoms. The van der Waals surface area contributed by atoms with Crippen LogP contribution in [0.25, 0.3) is 0 Å². The van der Waals surface area contributed by atoms with E-state index in [1.165, 1.54) is 0 Å². The highest BCUT2D eigenvalue weighted by Gasteiger charge is 2.18. The molecule has 0 rings (SSSR count). The smallest absolute Gasteiger partial charge is 0.0470 e. The number of unbranched alkanes of at least 4 members (excludes halogenated alkanes) is 2. The summed E-state index contributed by atoms with van der Waals surface area (Å²) in [5, 5.41) is 20.6.